The first kappa shape index (κ1) is 21.4. The molecule has 0 aliphatic carbocycles. The van der Waals surface area contributed by atoms with Gasteiger partial charge in [0.15, 0.2) is 0 Å². The zero-order chi connectivity index (χ0) is 22.8. The first-order valence-electron chi connectivity index (χ1n) is 10.5. The Balaban J connectivity index is 1.79. The van der Waals surface area contributed by atoms with Gasteiger partial charge in [-0.05, 0) is 79.7 Å². The molecule has 0 aliphatic rings. The second kappa shape index (κ2) is 8.71. The number of aromatic amines is 1. The highest BCUT2D eigenvalue weighted by molar-refractivity contribution is 6.06. The normalized spacial score (nSPS) is 10.9. The monoisotopic (exact) mass is 426 g/mol. The molecule has 1 aromatic heterocycles. The molecule has 0 radical (unpaired) electrons. The Morgan fingerprint density at radius 2 is 1.59 bits per heavy atom. The van der Waals surface area contributed by atoms with Crippen molar-refractivity contribution in [2.75, 3.05) is 12.0 Å². The molecule has 0 aliphatic heterocycles. The minimum atomic E-state index is -0.194. The van der Waals surface area contributed by atoms with Gasteiger partial charge in [-0.1, -0.05) is 29.8 Å². The van der Waals surface area contributed by atoms with Crippen molar-refractivity contribution in [1.29, 1.82) is 0 Å². The molecule has 3 aromatic carbocycles. The summed E-state index contributed by atoms with van der Waals surface area (Å²) in [4.78, 5) is 31.1. The fourth-order valence-corrected chi connectivity index (χ4v) is 3.91. The number of aryl methyl sites for hydroxylation is 3. The van der Waals surface area contributed by atoms with Gasteiger partial charge < -0.3 is 14.6 Å². The largest absolute Gasteiger partial charge is 0.497 e. The molecular weight excluding hydrogens is 400 g/mol. The number of anilines is 1. The lowest BCUT2D eigenvalue weighted by molar-refractivity contribution is 0.0985. The number of ether oxygens (including phenoxy) is 1. The highest BCUT2D eigenvalue weighted by Crippen LogP contribution is 2.26. The Kier molecular flexibility index (Phi) is 5.82. The number of amides is 1. The molecule has 32 heavy (non-hydrogen) atoms. The topological polar surface area (TPSA) is 62.4 Å². The maximum atomic E-state index is 13.6. The van der Waals surface area contributed by atoms with Crippen molar-refractivity contribution in [2.24, 2.45) is 0 Å². The summed E-state index contributed by atoms with van der Waals surface area (Å²) < 4.78 is 5.22. The molecule has 0 fully saturated rings. The van der Waals surface area contributed by atoms with E-state index in [1.165, 1.54) is 0 Å². The summed E-state index contributed by atoms with van der Waals surface area (Å²) in [7, 11) is 1.59. The lowest BCUT2D eigenvalue weighted by Crippen LogP contribution is -2.33. The van der Waals surface area contributed by atoms with Crippen molar-refractivity contribution in [3.63, 3.8) is 0 Å². The van der Waals surface area contributed by atoms with Crippen LogP contribution in [-0.4, -0.2) is 18.0 Å². The molecule has 0 atom stereocenters. The highest BCUT2D eigenvalue weighted by atomic mass is 16.5. The van der Waals surface area contributed by atoms with Crippen molar-refractivity contribution in [3.8, 4) is 5.75 Å². The molecule has 4 aromatic rings. The maximum absolute atomic E-state index is 13.6. The molecular formula is C27H26N2O3. The summed E-state index contributed by atoms with van der Waals surface area (Å²) in [6.45, 7) is 6.14. The van der Waals surface area contributed by atoms with E-state index in [1.807, 2.05) is 63.2 Å². The molecule has 0 saturated carbocycles. The number of fused-ring (bicyclic) bond motifs is 1. The van der Waals surface area contributed by atoms with E-state index in [2.05, 4.69) is 4.98 Å². The number of carbonyl (C=O) groups is 1. The van der Waals surface area contributed by atoms with Gasteiger partial charge in [0.25, 0.3) is 11.5 Å². The van der Waals surface area contributed by atoms with E-state index in [0.29, 0.717) is 16.9 Å². The maximum Gasteiger partial charge on any atom is 0.258 e. The van der Waals surface area contributed by atoms with Crippen LogP contribution >= 0.6 is 0 Å². The average Bonchev–Trinajstić information content (AvgIpc) is 2.78. The number of nitrogens with zero attached hydrogens (tertiary/aromatic N) is 1. The number of nitrogens with one attached hydrogen (secondary N) is 1. The van der Waals surface area contributed by atoms with Gasteiger partial charge in [0.2, 0.25) is 0 Å². The number of pyridine rings is 1. The summed E-state index contributed by atoms with van der Waals surface area (Å²) in [6.07, 6.45) is 0. The highest BCUT2D eigenvalue weighted by Gasteiger charge is 2.21. The quantitative estimate of drug-likeness (QED) is 0.470. The fraction of sp³-hybridized carbons (Fsp3) is 0.185. The molecule has 0 bridgehead atoms. The number of hydrogen-bond donors (Lipinski definition) is 1. The van der Waals surface area contributed by atoms with Gasteiger partial charge >= 0.3 is 0 Å². The van der Waals surface area contributed by atoms with E-state index < -0.39 is 0 Å². The van der Waals surface area contributed by atoms with Crippen LogP contribution in [0.4, 0.5) is 5.69 Å². The van der Waals surface area contributed by atoms with Gasteiger partial charge in [0, 0.05) is 22.3 Å². The zero-order valence-corrected chi connectivity index (χ0v) is 18.7. The lowest BCUT2D eigenvalue weighted by atomic mass is 10.1. The van der Waals surface area contributed by atoms with Gasteiger partial charge in [-0.25, -0.2) is 0 Å². The third-order valence-electron chi connectivity index (χ3n) is 5.63. The minimum Gasteiger partial charge on any atom is -0.497 e. The van der Waals surface area contributed by atoms with Crippen molar-refractivity contribution in [1.82, 2.24) is 4.98 Å². The molecule has 4 rings (SSSR count). The van der Waals surface area contributed by atoms with E-state index in [9.17, 15) is 9.59 Å². The Morgan fingerprint density at radius 1 is 0.906 bits per heavy atom. The van der Waals surface area contributed by atoms with Crippen molar-refractivity contribution in [3.05, 3.63) is 105 Å². The van der Waals surface area contributed by atoms with Crippen molar-refractivity contribution < 1.29 is 9.53 Å². The number of hydrogen-bond acceptors (Lipinski definition) is 3. The second-order valence-corrected chi connectivity index (χ2v) is 8.12. The fourth-order valence-electron chi connectivity index (χ4n) is 3.91. The molecule has 1 heterocycles. The minimum absolute atomic E-state index is 0.161. The van der Waals surface area contributed by atoms with Crippen LogP contribution in [0.5, 0.6) is 5.75 Å². The van der Waals surface area contributed by atoms with Crippen LogP contribution in [-0.2, 0) is 6.54 Å². The SMILES string of the molecule is COc1ccc(C(=O)N(Cc2cc3ccc(C)cc3[nH]c2=O)c2ccc(C)cc2C)cc1. The Morgan fingerprint density at radius 3 is 2.28 bits per heavy atom. The standard InChI is InChI=1S/C27H26N2O3/c1-17-6-12-25(19(3)13-17)29(27(31)20-8-10-23(32-4)11-9-20)16-22-15-21-7-5-18(2)14-24(21)28-26(22)30/h5-15H,16H2,1-4H3,(H,28,30). The summed E-state index contributed by atoms with van der Waals surface area (Å²) in [5.74, 6) is 0.504. The van der Waals surface area contributed by atoms with Crippen LogP contribution < -0.4 is 15.2 Å². The molecule has 162 valence electrons. The number of H-pyrrole nitrogens is 1. The Hall–Kier alpha value is -3.86. The van der Waals surface area contributed by atoms with Crippen LogP contribution in [0.1, 0.15) is 32.6 Å². The molecule has 0 spiro atoms. The number of carbonyl (C=O) groups excluding carboxylic acids is 1. The van der Waals surface area contributed by atoms with Crippen LogP contribution in [0, 0.1) is 20.8 Å². The molecule has 5 nitrogen and oxygen atoms in total. The molecule has 1 N–H and O–H groups in total. The van der Waals surface area contributed by atoms with E-state index in [0.717, 1.165) is 33.3 Å². The van der Waals surface area contributed by atoms with Gasteiger partial charge in [-0.15, -0.1) is 0 Å². The predicted octanol–water partition coefficient (Wildman–Crippen LogP) is 5.31. The summed E-state index contributed by atoms with van der Waals surface area (Å²) in [5.41, 5.74) is 5.59. The third-order valence-corrected chi connectivity index (χ3v) is 5.63. The van der Waals surface area contributed by atoms with Crippen LogP contribution in [0.15, 0.2) is 71.5 Å². The summed E-state index contributed by atoms with van der Waals surface area (Å²) >= 11 is 0. The first-order chi connectivity index (χ1) is 15.4. The number of aromatic nitrogens is 1. The van der Waals surface area contributed by atoms with Crippen LogP contribution in [0.3, 0.4) is 0 Å². The lowest BCUT2D eigenvalue weighted by Gasteiger charge is -2.25. The molecule has 0 unspecified atom stereocenters. The molecule has 0 saturated heterocycles. The third kappa shape index (κ3) is 4.28. The number of methoxy groups -OCH3 is 1. The molecule has 5 heteroatoms. The van der Waals surface area contributed by atoms with Crippen LogP contribution in [0.2, 0.25) is 0 Å². The summed E-state index contributed by atoms with van der Waals surface area (Å²) in [6, 6.07) is 20.8. The first-order valence-corrected chi connectivity index (χ1v) is 10.5. The second-order valence-electron chi connectivity index (χ2n) is 8.12. The van der Waals surface area contributed by atoms with Gasteiger partial charge in [0.05, 0.1) is 13.7 Å². The van der Waals surface area contributed by atoms with Gasteiger partial charge in [0.1, 0.15) is 5.75 Å². The number of benzene rings is 3. The smallest absolute Gasteiger partial charge is 0.258 e. The Labute approximate surface area is 187 Å². The van der Waals surface area contributed by atoms with Gasteiger partial charge in [-0.3, -0.25) is 9.59 Å². The van der Waals surface area contributed by atoms with Crippen molar-refractivity contribution >= 4 is 22.5 Å². The average molecular weight is 427 g/mol. The zero-order valence-electron chi connectivity index (χ0n) is 18.7. The van der Waals surface area contributed by atoms with Crippen LogP contribution in [0.25, 0.3) is 10.9 Å². The van der Waals surface area contributed by atoms with E-state index in [1.54, 1.807) is 36.3 Å². The van der Waals surface area contributed by atoms with Gasteiger partial charge in [-0.2, -0.15) is 0 Å². The number of rotatable bonds is 5. The van der Waals surface area contributed by atoms with E-state index in [4.69, 9.17) is 4.74 Å². The molecule has 1 amide bonds. The van der Waals surface area contributed by atoms with E-state index >= 15 is 0 Å². The predicted molar refractivity (Wildman–Crippen MR) is 129 cm³/mol. The summed E-state index contributed by atoms with van der Waals surface area (Å²) in [5, 5.41) is 0.933. The van der Waals surface area contributed by atoms with E-state index in [-0.39, 0.29) is 18.0 Å². The van der Waals surface area contributed by atoms with Crippen molar-refractivity contribution in [2.45, 2.75) is 27.3 Å². The Bertz CT molecular complexity index is 1350.